The van der Waals surface area contributed by atoms with Gasteiger partial charge in [0.15, 0.2) is 10.5 Å². The van der Waals surface area contributed by atoms with Crippen molar-refractivity contribution in [3.63, 3.8) is 0 Å². The molecule has 0 radical (unpaired) electrons. The van der Waals surface area contributed by atoms with E-state index in [0.717, 1.165) is 21.6 Å². The van der Waals surface area contributed by atoms with Crippen LogP contribution in [0.25, 0.3) is 0 Å². The van der Waals surface area contributed by atoms with Crippen LogP contribution >= 0.6 is 21.6 Å². The van der Waals surface area contributed by atoms with Gasteiger partial charge in [-0.3, -0.25) is 0 Å². The Hall–Kier alpha value is -1.34. The van der Waals surface area contributed by atoms with E-state index in [0.29, 0.717) is 0 Å². The summed E-state index contributed by atoms with van der Waals surface area (Å²) >= 11 is 0. The summed E-state index contributed by atoms with van der Waals surface area (Å²) in [6.45, 7) is 0. The Morgan fingerprint density at radius 3 is 1.08 bits per heavy atom. The highest BCUT2D eigenvalue weighted by Gasteiger charge is 2.12. The van der Waals surface area contributed by atoms with Gasteiger partial charge >= 0.3 is 0 Å². The van der Waals surface area contributed by atoms with Crippen LogP contribution in [-0.4, -0.2) is 10.5 Å². The van der Waals surface area contributed by atoms with Crippen molar-refractivity contribution in [3.8, 4) is 24.3 Å². The maximum Gasteiger partial charge on any atom is 0.188 e. The van der Waals surface area contributed by atoms with E-state index in [1.54, 1.807) is 24.3 Å². The van der Waals surface area contributed by atoms with Gasteiger partial charge in [-0.2, -0.15) is 21.0 Å². The van der Waals surface area contributed by atoms with Gasteiger partial charge in [0, 0.05) is 0 Å². The van der Waals surface area contributed by atoms with Crippen molar-refractivity contribution in [2.45, 2.75) is 10.5 Å². The highest BCUT2D eigenvalue weighted by molar-refractivity contribution is 8.77. The van der Waals surface area contributed by atoms with E-state index in [1.165, 1.54) is 0 Å². The van der Waals surface area contributed by atoms with Gasteiger partial charge in [-0.1, -0.05) is 21.6 Å². The minimum absolute atomic E-state index is 0.820. The fourth-order valence-corrected chi connectivity index (χ4v) is 1.83. The second kappa shape index (κ2) is 6.38. The number of rotatable bonds is 3. The molecule has 4 nitrogen and oxygen atoms in total. The average molecular weight is 194 g/mol. The largest absolute Gasteiger partial charge is 0.196 e. The first-order valence-electron chi connectivity index (χ1n) is 2.69. The molecule has 0 saturated heterocycles. The van der Waals surface area contributed by atoms with E-state index in [2.05, 4.69) is 0 Å². The summed E-state index contributed by atoms with van der Waals surface area (Å²) < 4.78 is 0. The average Bonchev–Trinajstić information content (AvgIpc) is 2.13. The standard InChI is InChI=1S/C6H2N4S2/c7-1-5(2-8)11-12-6(3-9)4-10/h5-6H. The van der Waals surface area contributed by atoms with Gasteiger partial charge in [-0.15, -0.1) is 0 Å². The first-order valence-corrected chi connectivity index (χ1v) is 4.96. The second-order valence-corrected chi connectivity index (χ2v) is 3.95. The molecule has 0 aromatic rings. The highest BCUT2D eigenvalue weighted by Crippen LogP contribution is 2.29. The van der Waals surface area contributed by atoms with E-state index < -0.39 is 10.5 Å². The molecule has 0 aromatic heterocycles. The molecule has 0 spiro atoms. The molecule has 0 aliphatic carbocycles. The van der Waals surface area contributed by atoms with Crippen LogP contribution in [0.2, 0.25) is 0 Å². The summed E-state index contributed by atoms with van der Waals surface area (Å²) in [5.74, 6) is 0. The third kappa shape index (κ3) is 3.74. The Morgan fingerprint density at radius 1 is 0.667 bits per heavy atom. The van der Waals surface area contributed by atoms with Crippen molar-refractivity contribution >= 4 is 21.6 Å². The molecule has 0 aliphatic rings. The molecule has 6 heteroatoms. The van der Waals surface area contributed by atoms with Crippen molar-refractivity contribution in [2.75, 3.05) is 0 Å². The Kier molecular flexibility index (Phi) is 5.66. The molecular formula is C6H2N4S2. The molecule has 58 valence electrons. The molecule has 0 atom stereocenters. The summed E-state index contributed by atoms with van der Waals surface area (Å²) in [6, 6.07) is 6.87. The second-order valence-electron chi connectivity index (χ2n) is 1.47. The molecule has 0 saturated carbocycles. The maximum absolute atomic E-state index is 8.31. The van der Waals surface area contributed by atoms with Gasteiger partial charge in [0.25, 0.3) is 0 Å². The minimum Gasteiger partial charge on any atom is -0.196 e. The number of nitrogens with zero attached hydrogens (tertiary/aromatic N) is 4. The minimum atomic E-state index is -0.820. The van der Waals surface area contributed by atoms with Crippen molar-refractivity contribution in [1.29, 1.82) is 21.0 Å². The lowest BCUT2D eigenvalue weighted by molar-refractivity contribution is 1.34. The summed E-state index contributed by atoms with van der Waals surface area (Å²) in [5.41, 5.74) is 0. The molecule has 0 bridgehead atoms. The summed E-state index contributed by atoms with van der Waals surface area (Å²) in [6.07, 6.45) is 0. The molecule has 0 N–H and O–H groups in total. The molecule has 0 heterocycles. The number of nitriles is 4. The Labute approximate surface area is 77.8 Å². The first kappa shape index (κ1) is 10.7. The highest BCUT2D eigenvalue weighted by atomic mass is 33.1. The van der Waals surface area contributed by atoms with Crippen LogP contribution in [0.5, 0.6) is 0 Å². The molecule has 12 heavy (non-hydrogen) atoms. The first-order chi connectivity index (χ1) is 5.78. The van der Waals surface area contributed by atoms with E-state index in [4.69, 9.17) is 21.0 Å². The van der Waals surface area contributed by atoms with E-state index in [-0.39, 0.29) is 0 Å². The van der Waals surface area contributed by atoms with Gasteiger partial charge in [0.1, 0.15) is 0 Å². The van der Waals surface area contributed by atoms with Gasteiger partial charge in [-0.05, 0) is 0 Å². The van der Waals surface area contributed by atoms with Crippen molar-refractivity contribution < 1.29 is 0 Å². The molecule has 0 aromatic carbocycles. The van der Waals surface area contributed by atoms with Gasteiger partial charge in [0.05, 0.1) is 24.3 Å². The third-order valence-corrected chi connectivity index (χ3v) is 3.12. The van der Waals surface area contributed by atoms with Crippen LogP contribution in [-0.2, 0) is 0 Å². The predicted molar refractivity (Wildman–Crippen MR) is 45.2 cm³/mol. The summed E-state index contributed by atoms with van der Waals surface area (Å²) in [7, 11) is 1.86. The molecule has 0 rings (SSSR count). The van der Waals surface area contributed by atoms with Crippen LogP contribution in [0.15, 0.2) is 0 Å². The normalized spacial score (nSPS) is 8.17. The van der Waals surface area contributed by atoms with Crippen LogP contribution in [0.3, 0.4) is 0 Å². The fourth-order valence-electron chi connectivity index (χ4n) is 0.255. The van der Waals surface area contributed by atoms with Crippen LogP contribution in [0.1, 0.15) is 0 Å². The molecule has 0 aliphatic heterocycles. The lowest BCUT2D eigenvalue weighted by Gasteiger charge is -1.97. The predicted octanol–water partition coefficient (Wildman–Crippen LogP) is 1.20. The Balaban J connectivity index is 3.88. The maximum atomic E-state index is 8.31. The zero-order valence-corrected chi connectivity index (χ0v) is 7.39. The van der Waals surface area contributed by atoms with Crippen LogP contribution < -0.4 is 0 Å². The van der Waals surface area contributed by atoms with Gasteiger partial charge in [0.2, 0.25) is 0 Å². The quantitative estimate of drug-likeness (QED) is 0.626. The SMILES string of the molecule is N#CC(C#N)SSC(C#N)C#N. The Bertz CT molecular complexity index is 239. The number of hydrogen-bond donors (Lipinski definition) is 0. The van der Waals surface area contributed by atoms with E-state index in [1.807, 2.05) is 0 Å². The van der Waals surface area contributed by atoms with Crippen molar-refractivity contribution in [2.24, 2.45) is 0 Å². The lowest BCUT2D eigenvalue weighted by Crippen LogP contribution is -1.95. The van der Waals surface area contributed by atoms with Crippen molar-refractivity contribution in [3.05, 3.63) is 0 Å². The van der Waals surface area contributed by atoms with E-state index >= 15 is 0 Å². The molecule has 0 amide bonds. The Morgan fingerprint density at radius 2 is 0.917 bits per heavy atom. The monoisotopic (exact) mass is 194 g/mol. The van der Waals surface area contributed by atoms with Crippen LogP contribution in [0.4, 0.5) is 0 Å². The van der Waals surface area contributed by atoms with Crippen molar-refractivity contribution in [1.82, 2.24) is 0 Å². The number of hydrogen-bond acceptors (Lipinski definition) is 6. The van der Waals surface area contributed by atoms with E-state index in [9.17, 15) is 0 Å². The summed E-state index contributed by atoms with van der Waals surface area (Å²) in [4.78, 5) is 0. The topological polar surface area (TPSA) is 95.2 Å². The zero-order chi connectivity index (χ0) is 9.40. The lowest BCUT2D eigenvalue weighted by atomic mass is 10.5. The molecule has 0 fully saturated rings. The molecular weight excluding hydrogens is 192 g/mol. The van der Waals surface area contributed by atoms with Crippen LogP contribution in [0, 0.1) is 45.3 Å². The van der Waals surface area contributed by atoms with Gasteiger partial charge < -0.3 is 0 Å². The zero-order valence-electron chi connectivity index (χ0n) is 5.76. The third-order valence-electron chi connectivity index (χ3n) is 0.717. The van der Waals surface area contributed by atoms with Gasteiger partial charge in [-0.25, -0.2) is 0 Å². The molecule has 0 unspecified atom stereocenters. The smallest absolute Gasteiger partial charge is 0.188 e. The fraction of sp³-hybridized carbons (Fsp3) is 0.333. The summed E-state index contributed by atoms with van der Waals surface area (Å²) in [5, 5.41) is 31.6.